The average molecular weight is 341 g/mol. The van der Waals surface area contributed by atoms with E-state index in [4.69, 9.17) is 5.11 Å². The van der Waals surface area contributed by atoms with Crippen LogP contribution in [0.5, 0.6) is 0 Å². The minimum absolute atomic E-state index is 0.0197. The van der Waals surface area contributed by atoms with E-state index in [-0.39, 0.29) is 16.9 Å². The number of hydrogen-bond donors (Lipinski definition) is 3. The Morgan fingerprint density at radius 1 is 1.50 bits per heavy atom. The van der Waals surface area contributed by atoms with Crippen LogP contribution in [-0.4, -0.2) is 30.1 Å². The van der Waals surface area contributed by atoms with E-state index in [0.717, 1.165) is 19.4 Å². The van der Waals surface area contributed by atoms with Crippen molar-refractivity contribution in [2.45, 2.75) is 19.8 Å². The molecule has 3 N–H and O–H groups in total. The van der Waals surface area contributed by atoms with Gasteiger partial charge >= 0.3 is 5.97 Å². The summed E-state index contributed by atoms with van der Waals surface area (Å²) in [5, 5.41) is 15.0. The lowest BCUT2D eigenvalue weighted by molar-refractivity contribution is -0.124. The lowest BCUT2D eigenvalue weighted by Gasteiger charge is -2.25. The molecule has 1 fully saturated rings. The van der Waals surface area contributed by atoms with Gasteiger partial charge in [-0.1, -0.05) is 6.92 Å². The lowest BCUT2D eigenvalue weighted by Crippen LogP contribution is -2.37. The molecule has 2 rings (SSSR count). The van der Waals surface area contributed by atoms with Crippen molar-refractivity contribution in [3.63, 3.8) is 0 Å². The highest BCUT2D eigenvalue weighted by Crippen LogP contribution is 2.32. The highest BCUT2D eigenvalue weighted by Gasteiger charge is 2.39. The minimum Gasteiger partial charge on any atom is -0.478 e. The zero-order chi connectivity index (χ0) is 14.8. The molecule has 0 saturated carbocycles. The third kappa shape index (κ3) is 2.86. The fraction of sp³-hybridized carbons (Fsp3) is 0.429. The van der Waals surface area contributed by atoms with Crippen molar-refractivity contribution in [3.05, 3.63) is 28.2 Å². The molecule has 1 aromatic carbocycles. The van der Waals surface area contributed by atoms with Gasteiger partial charge in [0, 0.05) is 11.0 Å². The van der Waals surface area contributed by atoms with Gasteiger partial charge in [-0.2, -0.15) is 0 Å². The molecular weight excluding hydrogens is 324 g/mol. The quantitative estimate of drug-likeness (QED) is 0.786. The highest BCUT2D eigenvalue weighted by atomic mass is 79.9. The van der Waals surface area contributed by atoms with Crippen LogP contribution in [0.3, 0.4) is 0 Å². The summed E-state index contributed by atoms with van der Waals surface area (Å²) in [4.78, 5) is 23.3. The summed E-state index contributed by atoms with van der Waals surface area (Å²) in [6.07, 6.45) is 1.59. The summed E-state index contributed by atoms with van der Waals surface area (Å²) >= 11 is 3.30. The van der Waals surface area contributed by atoms with E-state index in [9.17, 15) is 9.59 Å². The Kier molecular flexibility index (Phi) is 4.45. The fourth-order valence-corrected chi connectivity index (χ4v) is 2.88. The number of carbonyl (C=O) groups excluding carboxylic acids is 1. The molecule has 0 radical (unpaired) electrons. The van der Waals surface area contributed by atoms with Crippen LogP contribution in [0.2, 0.25) is 0 Å². The molecule has 1 aliphatic heterocycles. The van der Waals surface area contributed by atoms with Crippen LogP contribution in [0, 0.1) is 5.41 Å². The average Bonchev–Trinajstić information content (AvgIpc) is 2.90. The molecule has 1 aromatic rings. The number of carboxylic acid groups (broad SMARTS) is 1. The number of benzene rings is 1. The highest BCUT2D eigenvalue weighted by molar-refractivity contribution is 9.10. The van der Waals surface area contributed by atoms with Gasteiger partial charge in [0.15, 0.2) is 0 Å². The molecule has 0 bridgehead atoms. The SMILES string of the molecule is CCC1(C(=O)Nc2ccc(C(=O)O)cc2Br)CCNC1. The minimum atomic E-state index is -0.992. The van der Waals surface area contributed by atoms with Gasteiger partial charge in [0.05, 0.1) is 16.7 Å². The van der Waals surface area contributed by atoms with Gasteiger partial charge in [-0.3, -0.25) is 4.79 Å². The number of carboxylic acids is 1. The number of rotatable bonds is 4. The Balaban J connectivity index is 2.17. The first-order valence-corrected chi connectivity index (χ1v) is 7.33. The van der Waals surface area contributed by atoms with Crippen LogP contribution in [0.25, 0.3) is 0 Å². The van der Waals surface area contributed by atoms with Gasteiger partial charge in [-0.15, -0.1) is 0 Å². The number of anilines is 1. The zero-order valence-electron chi connectivity index (χ0n) is 11.2. The molecule has 1 atom stereocenters. The maximum Gasteiger partial charge on any atom is 0.335 e. The van der Waals surface area contributed by atoms with Crippen molar-refractivity contribution in [3.8, 4) is 0 Å². The van der Waals surface area contributed by atoms with Crippen molar-refractivity contribution < 1.29 is 14.7 Å². The van der Waals surface area contributed by atoms with Crippen molar-refractivity contribution in [1.82, 2.24) is 5.32 Å². The van der Waals surface area contributed by atoms with E-state index in [0.29, 0.717) is 16.7 Å². The van der Waals surface area contributed by atoms with Crippen molar-refractivity contribution in [2.75, 3.05) is 18.4 Å². The number of carbonyl (C=O) groups is 2. The third-order valence-corrected chi connectivity index (χ3v) is 4.52. The Hall–Kier alpha value is -1.40. The normalized spacial score (nSPS) is 21.7. The molecule has 1 aliphatic rings. The maximum atomic E-state index is 12.5. The van der Waals surface area contributed by atoms with Gasteiger partial charge in [0.2, 0.25) is 5.91 Å². The monoisotopic (exact) mass is 340 g/mol. The molecular formula is C14H17BrN2O3. The summed E-state index contributed by atoms with van der Waals surface area (Å²) < 4.78 is 0.572. The molecule has 1 unspecified atom stereocenters. The summed E-state index contributed by atoms with van der Waals surface area (Å²) in [6, 6.07) is 4.58. The van der Waals surface area contributed by atoms with Crippen LogP contribution in [0.4, 0.5) is 5.69 Å². The predicted molar refractivity (Wildman–Crippen MR) is 79.9 cm³/mol. The van der Waals surface area contributed by atoms with Gasteiger partial charge in [0.25, 0.3) is 0 Å². The first kappa shape index (κ1) is 15.0. The summed E-state index contributed by atoms with van der Waals surface area (Å²) in [5.74, 6) is -1.01. The van der Waals surface area contributed by atoms with Crippen LogP contribution in [0.15, 0.2) is 22.7 Å². The molecule has 108 valence electrons. The lowest BCUT2D eigenvalue weighted by atomic mass is 9.83. The summed E-state index contributed by atoms with van der Waals surface area (Å²) in [7, 11) is 0. The van der Waals surface area contributed by atoms with E-state index >= 15 is 0 Å². The van der Waals surface area contributed by atoms with E-state index in [1.807, 2.05) is 6.92 Å². The Morgan fingerprint density at radius 2 is 2.25 bits per heavy atom. The summed E-state index contributed by atoms with van der Waals surface area (Å²) in [5.41, 5.74) is 0.410. The number of hydrogen-bond acceptors (Lipinski definition) is 3. The molecule has 0 spiro atoms. The van der Waals surface area contributed by atoms with Crippen LogP contribution in [0.1, 0.15) is 30.1 Å². The van der Waals surface area contributed by atoms with E-state index < -0.39 is 5.97 Å². The number of nitrogens with one attached hydrogen (secondary N) is 2. The van der Waals surface area contributed by atoms with Crippen LogP contribution < -0.4 is 10.6 Å². The Labute approximate surface area is 125 Å². The van der Waals surface area contributed by atoms with Crippen molar-refractivity contribution in [2.24, 2.45) is 5.41 Å². The Bertz CT molecular complexity index is 539. The van der Waals surface area contributed by atoms with Crippen LogP contribution >= 0.6 is 15.9 Å². The first-order chi connectivity index (χ1) is 9.48. The van der Waals surface area contributed by atoms with Gasteiger partial charge in [0.1, 0.15) is 0 Å². The molecule has 0 aliphatic carbocycles. The van der Waals surface area contributed by atoms with Crippen molar-refractivity contribution >= 4 is 33.5 Å². The third-order valence-electron chi connectivity index (χ3n) is 3.87. The predicted octanol–water partition coefficient (Wildman–Crippen LogP) is 2.48. The topological polar surface area (TPSA) is 78.4 Å². The second kappa shape index (κ2) is 5.93. The molecule has 5 nitrogen and oxygen atoms in total. The van der Waals surface area contributed by atoms with E-state index in [1.165, 1.54) is 12.1 Å². The molecule has 1 saturated heterocycles. The molecule has 1 heterocycles. The van der Waals surface area contributed by atoms with E-state index in [2.05, 4.69) is 26.6 Å². The fourth-order valence-electron chi connectivity index (χ4n) is 2.40. The zero-order valence-corrected chi connectivity index (χ0v) is 12.8. The molecule has 20 heavy (non-hydrogen) atoms. The smallest absolute Gasteiger partial charge is 0.335 e. The van der Waals surface area contributed by atoms with Crippen LogP contribution in [-0.2, 0) is 4.79 Å². The second-order valence-electron chi connectivity index (χ2n) is 5.01. The molecule has 0 aromatic heterocycles. The number of aromatic carboxylic acids is 1. The largest absolute Gasteiger partial charge is 0.478 e. The molecule has 6 heteroatoms. The molecule has 1 amide bonds. The van der Waals surface area contributed by atoms with Gasteiger partial charge in [-0.05, 0) is 53.5 Å². The van der Waals surface area contributed by atoms with Gasteiger partial charge < -0.3 is 15.7 Å². The summed E-state index contributed by atoms with van der Waals surface area (Å²) in [6.45, 7) is 3.54. The second-order valence-corrected chi connectivity index (χ2v) is 5.87. The van der Waals surface area contributed by atoms with Crippen molar-refractivity contribution in [1.29, 1.82) is 0 Å². The number of amides is 1. The number of halogens is 1. The standard InChI is InChI=1S/C14H17BrN2O3/c1-2-14(5-6-16-8-14)13(20)17-11-4-3-9(12(18)19)7-10(11)15/h3-4,7,16H,2,5-6,8H2,1H3,(H,17,20)(H,18,19). The first-order valence-electron chi connectivity index (χ1n) is 6.53. The Morgan fingerprint density at radius 3 is 2.75 bits per heavy atom. The van der Waals surface area contributed by atoms with Gasteiger partial charge in [-0.25, -0.2) is 4.79 Å². The maximum absolute atomic E-state index is 12.5. The van der Waals surface area contributed by atoms with E-state index in [1.54, 1.807) is 6.07 Å².